The second-order valence-corrected chi connectivity index (χ2v) is 24.6. The second-order valence-electron chi connectivity index (χ2n) is 15.1. The van der Waals surface area contributed by atoms with Crippen LogP contribution in [-0.4, -0.2) is 47.7 Å². The fourth-order valence-corrected chi connectivity index (χ4v) is 7.56. The Morgan fingerprint density at radius 3 is 1.93 bits per heavy atom. The molecule has 5 nitrogen and oxygen atoms in total. The third-order valence-electron chi connectivity index (χ3n) is 9.67. The van der Waals surface area contributed by atoms with Crippen LogP contribution in [0.5, 0.6) is 0 Å². The number of ketones is 1. The van der Waals surface area contributed by atoms with Crippen LogP contribution in [0.4, 0.5) is 0 Å². The minimum Gasteiger partial charge on any atom is -0.469 e. The van der Waals surface area contributed by atoms with Gasteiger partial charge >= 0.3 is 5.97 Å². The van der Waals surface area contributed by atoms with Crippen LogP contribution in [0.2, 0.25) is 36.3 Å². The van der Waals surface area contributed by atoms with Crippen LogP contribution in [0, 0.1) is 11.8 Å². The van der Waals surface area contributed by atoms with Gasteiger partial charge in [-0.05, 0) is 80.4 Å². The monoisotopic (exact) mass is 620 g/mol. The molecule has 0 unspecified atom stereocenters. The van der Waals surface area contributed by atoms with Crippen molar-refractivity contribution in [1.29, 1.82) is 0 Å². The Morgan fingerprint density at radius 1 is 0.810 bits per heavy atom. The van der Waals surface area contributed by atoms with Gasteiger partial charge in [0.25, 0.3) is 0 Å². The SMILES string of the molecule is CCCCC/C=C\C/C=C\C[C@@H]1[C@H](/C=C/C(=O)CCC(=O)OC)[C@@H](O[Si](C)(C)C(C)(C)C)C[C@H]1O[Si](C)(C)C(C)(C)C. The van der Waals surface area contributed by atoms with Gasteiger partial charge in [-0.2, -0.15) is 0 Å². The van der Waals surface area contributed by atoms with E-state index in [1.54, 1.807) is 6.08 Å². The van der Waals surface area contributed by atoms with Crippen molar-refractivity contribution in [2.45, 2.75) is 155 Å². The van der Waals surface area contributed by atoms with Crippen LogP contribution in [-0.2, 0) is 23.2 Å². The van der Waals surface area contributed by atoms with Gasteiger partial charge in [0, 0.05) is 12.3 Å². The van der Waals surface area contributed by atoms with Crippen molar-refractivity contribution in [3.05, 3.63) is 36.5 Å². The van der Waals surface area contributed by atoms with Crippen molar-refractivity contribution in [3.8, 4) is 0 Å². The van der Waals surface area contributed by atoms with Crippen LogP contribution in [0.1, 0.15) is 106 Å². The molecule has 1 aliphatic rings. The maximum atomic E-state index is 12.8. The quantitative estimate of drug-likeness (QED) is 0.0532. The van der Waals surface area contributed by atoms with Crippen molar-refractivity contribution >= 4 is 28.4 Å². The molecule has 242 valence electrons. The number of carbonyl (C=O) groups is 2. The van der Waals surface area contributed by atoms with Crippen LogP contribution in [0.3, 0.4) is 0 Å². The molecule has 0 amide bonds. The van der Waals surface area contributed by atoms with Crippen molar-refractivity contribution in [2.75, 3.05) is 7.11 Å². The average Bonchev–Trinajstić information content (AvgIpc) is 3.17. The molecule has 1 rings (SSSR count). The van der Waals surface area contributed by atoms with E-state index >= 15 is 0 Å². The summed E-state index contributed by atoms with van der Waals surface area (Å²) in [5, 5.41) is 0.179. The lowest BCUT2D eigenvalue weighted by Crippen LogP contribution is -2.45. The fourth-order valence-electron chi connectivity index (χ4n) is 4.82. The van der Waals surface area contributed by atoms with Gasteiger partial charge in [-0.1, -0.05) is 91.7 Å². The van der Waals surface area contributed by atoms with E-state index in [0.29, 0.717) is 0 Å². The molecular formula is C35H64O5Si2. The fraction of sp³-hybridized carbons (Fsp3) is 0.771. The third-order valence-corrected chi connectivity index (χ3v) is 18.7. The molecule has 1 fully saturated rings. The van der Waals surface area contributed by atoms with E-state index in [0.717, 1.165) is 25.7 Å². The summed E-state index contributed by atoms with van der Waals surface area (Å²) in [6.45, 7) is 25.2. The van der Waals surface area contributed by atoms with Crippen LogP contribution in [0.15, 0.2) is 36.5 Å². The number of hydrogen-bond acceptors (Lipinski definition) is 5. The normalized spacial score (nSPS) is 22.6. The molecule has 0 saturated heterocycles. The van der Waals surface area contributed by atoms with E-state index in [-0.39, 0.29) is 58.7 Å². The highest BCUT2D eigenvalue weighted by Crippen LogP contribution is 2.47. The standard InChI is InChI=1S/C35H64O5Si2/c1-13-14-15-16-17-18-19-20-21-22-29-30(25-23-28(36)24-26-33(37)38-8)32(40-42(11,12)35(5,6)7)27-31(29)39-41(9,10)34(2,3)4/h17-18,20-21,23,25,29-32H,13-16,19,22,24,26-27H2,1-12H3/b18-17-,21-20-,25-23+/t29-,30+,31-,32+/m1/s1. The Balaban J connectivity index is 3.31. The summed E-state index contributed by atoms with van der Waals surface area (Å²) >= 11 is 0. The summed E-state index contributed by atoms with van der Waals surface area (Å²) in [6.07, 6.45) is 20.8. The number of methoxy groups -OCH3 is 1. The first-order valence-corrected chi connectivity index (χ1v) is 22.1. The Bertz CT molecular complexity index is 921. The first kappa shape index (κ1) is 38.7. The second kappa shape index (κ2) is 17.3. The molecule has 0 aromatic rings. The van der Waals surface area contributed by atoms with Crippen LogP contribution in [0.25, 0.3) is 0 Å². The summed E-state index contributed by atoms with van der Waals surface area (Å²) < 4.78 is 18.9. The zero-order valence-corrected chi connectivity index (χ0v) is 31.2. The van der Waals surface area contributed by atoms with Gasteiger partial charge in [-0.25, -0.2) is 0 Å². The van der Waals surface area contributed by atoms with Crippen LogP contribution < -0.4 is 0 Å². The van der Waals surface area contributed by atoms with Gasteiger partial charge in [-0.15, -0.1) is 0 Å². The van der Waals surface area contributed by atoms with Gasteiger partial charge in [-0.3, -0.25) is 9.59 Å². The maximum Gasteiger partial charge on any atom is 0.305 e. The number of rotatable bonds is 17. The predicted octanol–water partition coefficient (Wildman–Crippen LogP) is 9.95. The summed E-state index contributed by atoms with van der Waals surface area (Å²) in [5.74, 6) is -0.140. The van der Waals surface area contributed by atoms with E-state index in [1.807, 2.05) is 0 Å². The van der Waals surface area contributed by atoms with Crippen molar-refractivity contribution in [2.24, 2.45) is 11.8 Å². The van der Waals surface area contributed by atoms with Gasteiger partial charge in [0.05, 0.1) is 25.7 Å². The molecule has 42 heavy (non-hydrogen) atoms. The zero-order valence-electron chi connectivity index (χ0n) is 29.2. The Kier molecular flexibility index (Phi) is 15.9. The van der Waals surface area contributed by atoms with E-state index < -0.39 is 16.6 Å². The Hall–Kier alpha value is -1.29. The van der Waals surface area contributed by atoms with Crippen LogP contribution >= 0.6 is 0 Å². The minimum atomic E-state index is -2.07. The summed E-state index contributed by atoms with van der Waals surface area (Å²) in [7, 11) is -2.76. The van der Waals surface area contributed by atoms with Crippen molar-refractivity contribution in [3.63, 3.8) is 0 Å². The maximum absolute atomic E-state index is 12.8. The lowest BCUT2D eigenvalue weighted by atomic mass is 9.89. The molecule has 1 saturated carbocycles. The average molecular weight is 621 g/mol. The summed E-state index contributed by atoms with van der Waals surface area (Å²) in [5.41, 5.74) is 0. The smallest absolute Gasteiger partial charge is 0.305 e. The largest absolute Gasteiger partial charge is 0.469 e. The number of hydrogen-bond donors (Lipinski definition) is 0. The molecule has 0 bridgehead atoms. The topological polar surface area (TPSA) is 61.8 Å². The summed E-state index contributed by atoms with van der Waals surface area (Å²) in [6, 6.07) is 0. The third kappa shape index (κ3) is 12.8. The Labute approximate surface area is 261 Å². The van der Waals surface area contributed by atoms with E-state index in [1.165, 1.54) is 26.4 Å². The number of ether oxygens (including phenoxy) is 1. The highest BCUT2D eigenvalue weighted by molar-refractivity contribution is 6.74. The molecule has 0 aromatic carbocycles. The number of esters is 1. The van der Waals surface area contributed by atoms with Gasteiger partial charge in [0.2, 0.25) is 0 Å². The molecule has 4 atom stereocenters. The molecule has 0 heterocycles. The molecular weight excluding hydrogens is 557 g/mol. The summed E-state index contributed by atoms with van der Waals surface area (Å²) in [4.78, 5) is 24.4. The number of carbonyl (C=O) groups excluding carboxylic acids is 2. The molecule has 0 aromatic heterocycles. The van der Waals surface area contributed by atoms with Gasteiger partial charge < -0.3 is 13.6 Å². The molecule has 0 N–H and O–H groups in total. The molecule has 7 heteroatoms. The zero-order chi connectivity index (χ0) is 32.2. The molecule has 0 aliphatic heterocycles. The van der Waals surface area contributed by atoms with Gasteiger partial charge in [0.1, 0.15) is 0 Å². The molecule has 1 aliphatic carbocycles. The molecule has 0 spiro atoms. The highest BCUT2D eigenvalue weighted by atomic mass is 28.4. The van der Waals surface area contributed by atoms with E-state index in [2.05, 4.69) is 105 Å². The van der Waals surface area contributed by atoms with E-state index in [9.17, 15) is 9.59 Å². The van der Waals surface area contributed by atoms with Crippen molar-refractivity contribution < 1.29 is 23.2 Å². The predicted molar refractivity (Wildman–Crippen MR) is 183 cm³/mol. The highest BCUT2D eigenvalue weighted by Gasteiger charge is 2.50. The first-order valence-electron chi connectivity index (χ1n) is 16.3. The minimum absolute atomic E-state index is 0.0119. The molecule has 0 radical (unpaired) electrons. The number of unbranched alkanes of at least 4 members (excludes halogenated alkanes) is 3. The van der Waals surface area contributed by atoms with Crippen molar-refractivity contribution in [1.82, 2.24) is 0 Å². The van der Waals surface area contributed by atoms with Gasteiger partial charge in [0.15, 0.2) is 22.4 Å². The number of allylic oxidation sites excluding steroid dienone is 5. The van der Waals surface area contributed by atoms with E-state index in [4.69, 9.17) is 13.6 Å². The first-order chi connectivity index (χ1) is 19.4. The lowest BCUT2D eigenvalue weighted by Gasteiger charge is -2.40. The Morgan fingerprint density at radius 2 is 1.38 bits per heavy atom. The lowest BCUT2D eigenvalue weighted by molar-refractivity contribution is -0.141.